The molecule has 1 aromatic carbocycles. The van der Waals surface area contributed by atoms with Gasteiger partial charge in [0.2, 0.25) is 0 Å². The first kappa shape index (κ1) is 18.1. The lowest BCUT2D eigenvalue weighted by Crippen LogP contribution is -2.22. The highest BCUT2D eigenvalue weighted by Crippen LogP contribution is 2.17. The molecule has 0 fully saturated rings. The topological polar surface area (TPSA) is 39.7 Å². The van der Waals surface area contributed by atoms with E-state index in [9.17, 15) is 0 Å². The predicted molar refractivity (Wildman–Crippen MR) is 85.8 cm³/mol. The van der Waals surface area contributed by atoms with Crippen molar-refractivity contribution in [2.24, 2.45) is 0 Å². The van der Waals surface area contributed by atoms with Crippen molar-refractivity contribution in [3.8, 4) is 0 Å². The Kier molecular flexibility index (Phi) is 9.26. The van der Waals surface area contributed by atoms with Gasteiger partial charge in [-0.2, -0.15) is 0 Å². The molecule has 0 bridgehead atoms. The second kappa shape index (κ2) is 10.7. The molecule has 1 atom stereocenters. The summed E-state index contributed by atoms with van der Waals surface area (Å²) in [6.45, 7) is 7.69. The molecular formula is C17H29NO3. The molecule has 0 aliphatic rings. The Hall–Kier alpha value is -0.940. The van der Waals surface area contributed by atoms with Crippen LogP contribution in [0.2, 0.25) is 0 Å². The van der Waals surface area contributed by atoms with Crippen molar-refractivity contribution in [2.75, 3.05) is 47.2 Å². The smallest absolute Gasteiger partial charge is 0.0700 e. The first-order valence-corrected chi connectivity index (χ1v) is 7.58. The zero-order valence-corrected chi connectivity index (χ0v) is 13.8. The molecule has 21 heavy (non-hydrogen) atoms. The van der Waals surface area contributed by atoms with Gasteiger partial charge in [0.1, 0.15) is 0 Å². The van der Waals surface area contributed by atoms with E-state index in [-0.39, 0.29) is 6.04 Å². The minimum absolute atomic E-state index is 0.235. The molecule has 1 N–H and O–H groups in total. The average molecular weight is 295 g/mol. The molecule has 0 amide bonds. The van der Waals surface area contributed by atoms with Gasteiger partial charge < -0.3 is 19.5 Å². The highest BCUT2D eigenvalue weighted by Gasteiger charge is 2.09. The first-order valence-electron chi connectivity index (χ1n) is 7.58. The largest absolute Gasteiger partial charge is 0.382 e. The molecule has 1 aromatic rings. The van der Waals surface area contributed by atoms with Crippen molar-refractivity contribution in [1.29, 1.82) is 0 Å². The summed E-state index contributed by atoms with van der Waals surface area (Å²) < 4.78 is 16.1. The summed E-state index contributed by atoms with van der Waals surface area (Å²) in [7, 11) is 3.65. The number of aryl methyl sites for hydroxylation is 2. The monoisotopic (exact) mass is 295 g/mol. The fraction of sp³-hybridized carbons (Fsp3) is 0.647. The average Bonchev–Trinajstić information content (AvgIpc) is 2.49. The standard InChI is InChI=1S/C17H29NO3/c1-14-6-7-16(12-15(14)2)17(18-3)13-21-9-5-8-20-11-10-19-4/h6-7,12,17-18H,5,8-11,13H2,1-4H3. The zero-order chi connectivity index (χ0) is 15.5. The maximum absolute atomic E-state index is 5.74. The van der Waals surface area contributed by atoms with Crippen LogP contribution in [0.3, 0.4) is 0 Å². The predicted octanol–water partition coefficient (Wildman–Crippen LogP) is 2.63. The van der Waals surface area contributed by atoms with Gasteiger partial charge in [-0.05, 0) is 44.0 Å². The number of nitrogens with one attached hydrogen (secondary N) is 1. The van der Waals surface area contributed by atoms with E-state index >= 15 is 0 Å². The molecule has 1 unspecified atom stereocenters. The normalized spacial score (nSPS) is 12.6. The van der Waals surface area contributed by atoms with Gasteiger partial charge in [-0.15, -0.1) is 0 Å². The lowest BCUT2D eigenvalue weighted by molar-refractivity contribution is 0.0478. The second-order valence-electron chi connectivity index (χ2n) is 5.22. The van der Waals surface area contributed by atoms with Crippen LogP contribution in [0, 0.1) is 13.8 Å². The van der Waals surface area contributed by atoms with Gasteiger partial charge in [0.05, 0.1) is 25.9 Å². The van der Waals surface area contributed by atoms with Gasteiger partial charge in [-0.1, -0.05) is 18.2 Å². The van der Waals surface area contributed by atoms with Crippen molar-refractivity contribution in [1.82, 2.24) is 5.32 Å². The molecule has 1 rings (SSSR count). The number of rotatable bonds is 11. The number of hydrogen-bond acceptors (Lipinski definition) is 4. The summed E-state index contributed by atoms with van der Waals surface area (Å²) in [5, 5.41) is 3.31. The summed E-state index contributed by atoms with van der Waals surface area (Å²) in [6, 6.07) is 6.80. The minimum Gasteiger partial charge on any atom is -0.382 e. The molecule has 0 aliphatic carbocycles. The highest BCUT2D eigenvalue weighted by molar-refractivity contribution is 5.31. The lowest BCUT2D eigenvalue weighted by atomic mass is 10.0. The Morgan fingerprint density at radius 2 is 1.76 bits per heavy atom. The quantitative estimate of drug-likeness (QED) is 0.637. The van der Waals surface area contributed by atoms with Gasteiger partial charge in [-0.25, -0.2) is 0 Å². The van der Waals surface area contributed by atoms with Crippen LogP contribution in [0.15, 0.2) is 18.2 Å². The van der Waals surface area contributed by atoms with Crippen LogP contribution >= 0.6 is 0 Å². The molecule has 0 aliphatic heterocycles. The molecule has 0 radical (unpaired) electrons. The van der Waals surface area contributed by atoms with E-state index in [1.165, 1.54) is 16.7 Å². The Bertz CT molecular complexity index is 396. The van der Waals surface area contributed by atoms with Crippen molar-refractivity contribution in [3.63, 3.8) is 0 Å². The Balaban J connectivity index is 2.23. The number of hydrogen-bond donors (Lipinski definition) is 1. The van der Waals surface area contributed by atoms with Crippen molar-refractivity contribution in [2.45, 2.75) is 26.3 Å². The lowest BCUT2D eigenvalue weighted by Gasteiger charge is -2.18. The maximum atomic E-state index is 5.74. The van der Waals surface area contributed by atoms with Crippen LogP contribution in [0.5, 0.6) is 0 Å². The number of methoxy groups -OCH3 is 1. The van der Waals surface area contributed by atoms with Gasteiger partial charge in [0, 0.05) is 20.3 Å². The number of benzene rings is 1. The number of likely N-dealkylation sites (N-methyl/N-ethyl adjacent to an activating group) is 1. The van der Waals surface area contributed by atoms with Gasteiger partial charge >= 0.3 is 0 Å². The Labute approximate surface area is 128 Å². The van der Waals surface area contributed by atoms with Gasteiger partial charge in [-0.3, -0.25) is 0 Å². The van der Waals surface area contributed by atoms with Crippen LogP contribution < -0.4 is 5.32 Å². The van der Waals surface area contributed by atoms with Crippen molar-refractivity contribution >= 4 is 0 Å². The fourth-order valence-electron chi connectivity index (χ4n) is 2.04. The molecule has 0 aromatic heterocycles. The molecule has 4 heteroatoms. The maximum Gasteiger partial charge on any atom is 0.0700 e. The van der Waals surface area contributed by atoms with Crippen LogP contribution in [0.25, 0.3) is 0 Å². The van der Waals surface area contributed by atoms with Crippen LogP contribution in [0.4, 0.5) is 0 Å². The third-order valence-corrected chi connectivity index (χ3v) is 3.58. The SMILES string of the molecule is CNC(COCCCOCCOC)c1ccc(C)c(C)c1. The molecule has 0 spiro atoms. The van der Waals surface area contributed by atoms with E-state index < -0.39 is 0 Å². The van der Waals surface area contributed by atoms with Crippen molar-refractivity contribution < 1.29 is 14.2 Å². The summed E-state index contributed by atoms with van der Waals surface area (Å²) in [5.74, 6) is 0. The van der Waals surface area contributed by atoms with E-state index in [2.05, 4.69) is 37.4 Å². The second-order valence-corrected chi connectivity index (χ2v) is 5.22. The van der Waals surface area contributed by atoms with Gasteiger partial charge in [0.15, 0.2) is 0 Å². The summed E-state index contributed by atoms with van der Waals surface area (Å²) in [6.07, 6.45) is 0.910. The third kappa shape index (κ3) is 7.05. The summed E-state index contributed by atoms with van der Waals surface area (Å²) in [4.78, 5) is 0. The Morgan fingerprint density at radius 1 is 1.00 bits per heavy atom. The molecule has 0 saturated carbocycles. The Morgan fingerprint density at radius 3 is 2.43 bits per heavy atom. The van der Waals surface area contributed by atoms with Crippen LogP contribution in [-0.4, -0.2) is 47.2 Å². The van der Waals surface area contributed by atoms with Crippen LogP contribution in [-0.2, 0) is 14.2 Å². The number of ether oxygens (including phenoxy) is 3. The summed E-state index contributed by atoms with van der Waals surface area (Å²) in [5.41, 5.74) is 3.92. The van der Waals surface area contributed by atoms with E-state index in [0.717, 1.165) is 19.6 Å². The van der Waals surface area contributed by atoms with Crippen molar-refractivity contribution in [3.05, 3.63) is 34.9 Å². The van der Waals surface area contributed by atoms with Crippen LogP contribution in [0.1, 0.15) is 29.2 Å². The minimum atomic E-state index is 0.235. The van der Waals surface area contributed by atoms with E-state index in [4.69, 9.17) is 14.2 Å². The molecular weight excluding hydrogens is 266 g/mol. The summed E-state index contributed by atoms with van der Waals surface area (Å²) >= 11 is 0. The molecule has 0 saturated heterocycles. The van der Waals surface area contributed by atoms with E-state index in [0.29, 0.717) is 19.8 Å². The van der Waals surface area contributed by atoms with Gasteiger partial charge in [0.25, 0.3) is 0 Å². The first-order chi connectivity index (χ1) is 10.2. The van der Waals surface area contributed by atoms with E-state index in [1.807, 2.05) is 7.05 Å². The molecule has 4 nitrogen and oxygen atoms in total. The molecule has 120 valence electrons. The highest BCUT2D eigenvalue weighted by atomic mass is 16.5. The van der Waals surface area contributed by atoms with E-state index in [1.54, 1.807) is 7.11 Å². The zero-order valence-electron chi connectivity index (χ0n) is 13.8. The molecule has 0 heterocycles. The fourth-order valence-corrected chi connectivity index (χ4v) is 2.04. The third-order valence-electron chi connectivity index (χ3n) is 3.58.